The topological polar surface area (TPSA) is 76.4 Å². The van der Waals surface area contributed by atoms with Gasteiger partial charge in [0.15, 0.2) is 5.69 Å². The Morgan fingerprint density at radius 1 is 1.33 bits per heavy atom. The van der Waals surface area contributed by atoms with Crippen molar-refractivity contribution in [1.82, 2.24) is 15.1 Å². The van der Waals surface area contributed by atoms with Gasteiger partial charge in [0.25, 0.3) is 5.91 Å². The molecule has 0 bridgehead atoms. The Morgan fingerprint density at radius 2 is 2.00 bits per heavy atom. The number of methoxy groups -OCH3 is 1. The van der Waals surface area contributed by atoms with Crippen LogP contribution in [0.4, 0.5) is 13.2 Å². The molecule has 0 radical (unpaired) electrons. The van der Waals surface area contributed by atoms with E-state index in [2.05, 4.69) is 10.4 Å². The summed E-state index contributed by atoms with van der Waals surface area (Å²) < 4.78 is 43.4. The Morgan fingerprint density at radius 3 is 2.54 bits per heavy atom. The number of ether oxygens (including phenoxy) is 1. The SMILES string of the molecule is COCC(O)CNC(=O)c1ccc(-n2ccc(C(F)(F)F)n2)cc1. The van der Waals surface area contributed by atoms with Crippen molar-refractivity contribution in [2.24, 2.45) is 0 Å². The first-order chi connectivity index (χ1) is 11.3. The largest absolute Gasteiger partial charge is 0.435 e. The molecule has 1 heterocycles. The monoisotopic (exact) mass is 343 g/mol. The maximum absolute atomic E-state index is 12.5. The summed E-state index contributed by atoms with van der Waals surface area (Å²) in [6, 6.07) is 6.75. The normalized spacial score (nSPS) is 12.9. The van der Waals surface area contributed by atoms with Crippen molar-refractivity contribution in [3.63, 3.8) is 0 Å². The van der Waals surface area contributed by atoms with Crippen molar-refractivity contribution in [2.75, 3.05) is 20.3 Å². The zero-order chi connectivity index (χ0) is 17.7. The van der Waals surface area contributed by atoms with E-state index in [1.54, 1.807) is 0 Å². The molecule has 1 aromatic carbocycles. The molecular weight excluding hydrogens is 327 g/mol. The second kappa shape index (κ2) is 7.45. The zero-order valence-electron chi connectivity index (χ0n) is 12.7. The Bertz CT molecular complexity index is 683. The number of halogens is 3. The molecule has 1 aromatic heterocycles. The molecule has 2 N–H and O–H groups in total. The van der Waals surface area contributed by atoms with Gasteiger partial charge in [0, 0.05) is 25.4 Å². The van der Waals surface area contributed by atoms with Gasteiger partial charge in [0.2, 0.25) is 0 Å². The second-order valence-electron chi connectivity index (χ2n) is 5.01. The molecule has 9 heteroatoms. The lowest BCUT2D eigenvalue weighted by molar-refractivity contribution is -0.141. The summed E-state index contributed by atoms with van der Waals surface area (Å²) in [5.41, 5.74) is -0.288. The number of nitrogens with zero attached hydrogens (tertiary/aromatic N) is 2. The smallest absolute Gasteiger partial charge is 0.389 e. The molecule has 6 nitrogen and oxygen atoms in total. The van der Waals surface area contributed by atoms with Crippen LogP contribution < -0.4 is 5.32 Å². The van der Waals surface area contributed by atoms with Crippen LogP contribution in [0, 0.1) is 0 Å². The Balaban J connectivity index is 2.02. The van der Waals surface area contributed by atoms with E-state index in [0.717, 1.165) is 10.7 Å². The summed E-state index contributed by atoms with van der Waals surface area (Å²) >= 11 is 0. The summed E-state index contributed by atoms with van der Waals surface area (Å²) in [7, 11) is 1.43. The first kappa shape index (κ1) is 18.0. The standard InChI is InChI=1S/C15H16F3N3O3/c1-24-9-12(22)8-19-14(23)10-2-4-11(5-3-10)21-7-6-13(20-21)15(16,17)18/h2-7,12,22H,8-9H2,1H3,(H,19,23). The van der Waals surface area contributed by atoms with Crippen LogP contribution in [0.2, 0.25) is 0 Å². The van der Waals surface area contributed by atoms with Gasteiger partial charge in [0.05, 0.1) is 18.4 Å². The number of hydrogen-bond acceptors (Lipinski definition) is 4. The van der Waals surface area contributed by atoms with Gasteiger partial charge in [-0.2, -0.15) is 18.3 Å². The molecule has 0 aliphatic heterocycles. The zero-order valence-corrected chi connectivity index (χ0v) is 12.7. The van der Waals surface area contributed by atoms with E-state index in [9.17, 15) is 23.1 Å². The molecule has 24 heavy (non-hydrogen) atoms. The molecular formula is C15H16F3N3O3. The number of aromatic nitrogens is 2. The van der Waals surface area contributed by atoms with Crippen molar-refractivity contribution in [3.8, 4) is 5.69 Å². The number of nitrogens with one attached hydrogen (secondary N) is 1. The van der Waals surface area contributed by atoms with Crippen LogP contribution >= 0.6 is 0 Å². The van der Waals surface area contributed by atoms with Crippen LogP contribution in [0.3, 0.4) is 0 Å². The molecule has 1 unspecified atom stereocenters. The number of carbonyl (C=O) groups is 1. The molecule has 2 aromatic rings. The minimum absolute atomic E-state index is 0.0303. The van der Waals surface area contributed by atoms with Gasteiger partial charge in [-0.3, -0.25) is 4.79 Å². The molecule has 0 aliphatic carbocycles. The quantitative estimate of drug-likeness (QED) is 0.836. The fourth-order valence-corrected chi connectivity index (χ4v) is 1.95. The summed E-state index contributed by atoms with van der Waals surface area (Å²) in [6.07, 6.45) is -4.13. The Hall–Kier alpha value is -2.39. The van der Waals surface area contributed by atoms with Crippen LogP contribution in [0.15, 0.2) is 36.5 Å². The predicted molar refractivity (Wildman–Crippen MR) is 78.8 cm³/mol. The van der Waals surface area contributed by atoms with Crippen LogP contribution in [0.1, 0.15) is 16.1 Å². The van der Waals surface area contributed by atoms with E-state index in [-0.39, 0.29) is 13.2 Å². The first-order valence-electron chi connectivity index (χ1n) is 7.00. The fourth-order valence-electron chi connectivity index (χ4n) is 1.95. The number of benzene rings is 1. The lowest BCUT2D eigenvalue weighted by atomic mass is 10.2. The van der Waals surface area contributed by atoms with Gasteiger partial charge in [-0.05, 0) is 30.3 Å². The molecule has 1 atom stereocenters. The van der Waals surface area contributed by atoms with Crippen molar-refractivity contribution < 1.29 is 27.8 Å². The van der Waals surface area contributed by atoms with E-state index >= 15 is 0 Å². The van der Waals surface area contributed by atoms with Gasteiger partial charge >= 0.3 is 6.18 Å². The maximum Gasteiger partial charge on any atom is 0.435 e. The highest BCUT2D eigenvalue weighted by Gasteiger charge is 2.33. The molecule has 0 aliphatic rings. The maximum atomic E-state index is 12.5. The molecule has 1 amide bonds. The molecule has 0 saturated heterocycles. The molecule has 0 spiro atoms. The molecule has 2 rings (SSSR count). The average molecular weight is 343 g/mol. The van der Waals surface area contributed by atoms with E-state index in [1.165, 1.54) is 37.6 Å². The van der Waals surface area contributed by atoms with E-state index in [4.69, 9.17) is 4.74 Å². The van der Waals surface area contributed by atoms with Crippen molar-refractivity contribution in [3.05, 3.63) is 47.8 Å². The van der Waals surface area contributed by atoms with Gasteiger partial charge in [-0.1, -0.05) is 0 Å². The number of aliphatic hydroxyl groups excluding tert-OH is 1. The summed E-state index contributed by atoms with van der Waals surface area (Å²) in [5.74, 6) is -0.409. The van der Waals surface area contributed by atoms with Crippen LogP contribution in [0.5, 0.6) is 0 Å². The number of aliphatic hydroxyl groups is 1. The van der Waals surface area contributed by atoms with Crippen LogP contribution in [0.25, 0.3) is 5.69 Å². The highest BCUT2D eigenvalue weighted by molar-refractivity contribution is 5.94. The molecule has 0 fully saturated rings. The summed E-state index contributed by atoms with van der Waals surface area (Å²) in [5, 5.41) is 15.4. The van der Waals surface area contributed by atoms with Crippen LogP contribution in [-0.4, -0.2) is 47.2 Å². The van der Waals surface area contributed by atoms with Crippen molar-refractivity contribution >= 4 is 5.91 Å². The van der Waals surface area contributed by atoms with Crippen molar-refractivity contribution in [1.29, 1.82) is 0 Å². The predicted octanol–water partition coefficient (Wildman–Crippen LogP) is 1.63. The highest BCUT2D eigenvalue weighted by Crippen LogP contribution is 2.27. The number of carbonyl (C=O) groups excluding carboxylic acids is 1. The Labute approximate surface area is 135 Å². The summed E-state index contributed by atoms with van der Waals surface area (Å²) in [6.45, 7) is 0.128. The third kappa shape index (κ3) is 4.56. The van der Waals surface area contributed by atoms with E-state index in [0.29, 0.717) is 11.3 Å². The number of hydrogen-bond donors (Lipinski definition) is 2. The fraction of sp³-hybridized carbons (Fsp3) is 0.333. The molecule has 0 saturated carbocycles. The van der Waals surface area contributed by atoms with Crippen molar-refractivity contribution in [2.45, 2.75) is 12.3 Å². The number of rotatable bonds is 6. The van der Waals surface area contributed by atoms with Crippen LogP contribution in [-0.2, 0) is 10.9 Å². The first-order valence-corrected chi connectivity index (χ1v) is 7.00. The lowest BCUT2D eigenvalue weighted by Gasteiger charge is -2.11. The number of amides is 1. The van der Waals surface area contributed by atoms with Gasteiger partial charge in [0.1, 0.15) is 0 Å². The van der Waals surface area contributed by atoms with E-state index < -0.39 is 23.9 Å². The second-order valence-corrected chi connectivity index (χ2v) is 5.01. The summed E-state index contributed by atoms with van der Waals surface area (Å²) in [4.78, 5) is 11.9. The highest BCUT2D eigenvalue weighted by atomic mass is 19.4. The third-order valence-electron chi connectivity index (χ3n) is 3.13. The lowest BCUT2D eigenvalue weighted by Crippen LogP contribution is -2.34. The minimum atomic E-state index is -4.51. The van der Waals surface area contributed by atoms with Gasteiger partial charge in [-0.25, -0.2) is 4.68 Å². The Kier molecular flexibility index (Phi) is 5.58. The minimum Gasteiger partial charge on any atom is -0.389 e. The molecule has 130 valence electrons. The third-order valence-corrected chi connectivity index (χ3v) is 3.13. The number of alkyl halides is 3. The van der Waals surface area contributed by atoms with E-state index in [1.807, 2.05) is 0 Å². The average Bonchev–Trinajstić information content (AvgIpc) is 3.03. The van der Waals surface area contributed by atoms with Gasteiger partial charge in [-0.15, -0.1) is 0 Å². The van der Waals surface area contributed by atoms with Gasteiger partial charge < -0.3 is 15.2 Å².